The summed E-state index contributed by atoms with van der Waals surface area (Å²) in [5, 5.41) is 0. The van der Waals surface area contributed by atoms with Crippen LogP contribution in [0.15, 0.2) is 18.2 Å². The molecular formula is C13H18O2. The normalized spacial score (nSPS) is 19.4. The van der Waals surface area contributed by atoms with Crippen molar-refractivity contribution in [3.05, 3.63) is 34.9 Å². The Labute approximate surface area is 91.2 Å². The van der Waals surface area contributed by atoms with Gasteiger partial charge >= 0.3 is 0 Å². The number of ether oxygens (including phenoxy) is 2. The van der Waals surface area contributed by atoms with Crippen LogP contribution in [0.4, 0.5) is 0 Å². The van der Waals surface area contributed by atoms with E-state index in [0.717, 1.165) is 6.42 Å². The van der Waals surface area contributed by atoms with E-state index in [0.29, 0.717) is 13.2 Å². The number of hydrogen-bond donors (Lipinski definition) is 0. The van der Waals surface area contributed by atoms with Crippen molar-refractivity contribution in [2.24, 2.45) is 0 Å². The van der Waals surface area contributed by atoms with E-state index >= 15 is 0 Å². The van der Waals surface area contributed by atoms with Crippen molar-refractivity contribution in [3.63, 3.8) is 0 Å². The molecule has 0 amide bonds. The molecule has 1 aliphatic rings. The standard InChI is InChI=1S/C13H18O2/c1-4-11-6-5-7-12(10(11)2)13(3)14-8-9-15-13/h5-7H,4,8-9H2,1-3H3. The van der Waals surface area contributed by atoms with Gasteiger partial charge in [0, 0.05) is 5.56 Å². The van der Waals surface area contributed by atoms with Crippen LogP contribution < -0.4 is 0 Å². The van der Waals surface area contributed by atoms with Crippen LogP contribution >= 0.6 is 0 Å². The summed E-state index contributed by atoms with van der Waals surface area (Å²) in [7, 11) is 0. The number of aryl methyl sites for hydroxylation is 1. The summed E-state index contributed by atoms with van der Waals surface area (Å²) in [6, 6.07) is 6.34. The Hall–Kier alpha value is -0.860. The highest BCUT2D eigenvalue weighted by Crippen LogP contribution is 2.33. The molecule has 1 aliphatic heterocycles. The van der Waals surface area contributed by atoms with Crippen LogP contribution in [0.2, 0.25) is 0 Å². The first kappa shape index (κ1) is 10.7. The highest BCUT2D eigenvalue weighted by molar-refractivity contribution is 5.37. The van der Waals surface area contributed by atoms with Crippen LogP contribution in [0.1, 0.15) is 30.5 Å². The fourth-order valence-corrected chi connectivity index (χ4v) is 2.23. The first-order valence-electron chi connectivity index (χ1n) is 5.54. The fraction of sp³-hybridized carbons (Fsp3) is 0.538. The van der Waals surface area contributed by atoms with E-state index in [4.69, 9.17) is 9.47 Å². The van der Waals surface area contributed by atoms with Gasteiger partial charge in [-0.2, -0.15) is 0 Å². The topological polar surface area (TPSA) is 18.5 Å². The Morgan fingerprint density at radius 2 is 1.93 bits per heavy atom. The smallest absolute Gasteiger partial charge is 0.192 e. The molecule has 0 aromatic heterocycles. The van der Waals surface area contributed by atoms with Gasteiger partial charge < -0.3 is 9.47 Å². The molecule has 2 heteroatoms. The molecule has 82 valence electrons. The van der Waals surface area contributed by atoms with E-state index in [1.165, 1.54) is 16.7 Å². The number of benzene rings is 1. The molecular weight excluding hydrogens is 188 g/mol. The molecule has 1 aromatic carbocycles. The predicted octanol–water partition coefficient (Wildman–Crippen LogP) is 2.78. The minimum Gasteiger partial charge on any atom is -0.344 e. The Balaban J connectivity index is 2.43. The summed E-state index contributed by atoms with van der Waals surface area (Å²) in [6.45, 7) is 7.69. The maximum absolute atomic E-state index is 5.68. The second-order valence-electron chi connectivity index (χ2n) is 4.09. The van der Waals surface area contributed by atoms with Gasteiger partial charge in [0.15, 0.2) is 5.79 Å². The summed E-state index contributed by atoms with van der Waals surface area (Å²) >= 11 is 0. The lowest BCUT2D eigenvalue weighted by Gasteiger charge is -2.25. The molecule has 0 aliphatic carbocycles. The van der Waals surface area contributed by atoms with Crippen LogP contribution in [0.25, 0.3) is 0 Å². The van der Waals surface area contributed by atoms with Gasteiger partial charge in [0.25, 0.3) is 0 Å². The van der Waals surface area contributed by atoms with Crippen molar-refractivity contribution in [3.8, 4) is 0 Å². The summed E-state index contributed by atoms with van der Waals surface area (Å²) in [6.07, 6.45) is 1.05. The maximum atomic E-state index is 5.68. The molecule has 1 aromatic rings. The first-order chi connectivity index (χ1) is 7.17. The lowest BCUT2D eigenvalue weighted by Crippen LogP contribution is -2.24. The molecule has 0 saturated carbocycles. The minimum absolute atomic E-state index is 0.532. The SMILES string of the molecule is CCc1cccc(C2(C)OCCO2)c1C. The van der Waals surface area contributed by atoms with Crippen LogP contribution in [0.3, 0.4) is 0 Å². The molecule has 0 N–H and O–H groups in total. The molecule has 1 saturated heterocycles. The number of rotatable bonds is 2. The molecule has 2 nitrogen and oxygen atoms in total. The zero-order valence-corrected chi connectivity index (χ0v) is 9.67. The van der Waals surface area contributed by atoms with Gasteiger partial charge in [0.1, 0.15) is 0 Å². The Morgan fingerprint density at radius 1 is 1.27 bits per heavy atom. The highest BCUT2D eigenvalue weighted by Gasteiger charge is 2.34. The third-order valence-electron chi connectivity index (χ3n) is 3.15. The third-order valence-corrected chi connectivity index (χ3v) is 3.15. The second kappa shape index (κ2) is 3.95. The molecule has 0 radical (unpaired) electrons. The van der Waals surface area contributed by atoms with E-state index in [1.54, 1.807) is 0 Å². The Kier molecular flexibility index (Phi) is 2.81. The molecule has 1 fully saturated rings. The zero-order chi connectivity index (χ0) is 10.9. The van der Waals surface area contributed by atoms with E-state index in [-0.39, 0.29) is 0 Å². The minimum atomic E-state index is -0.532. The van der Waals surface area contributed by atoms with E-state index < -0.39 is 5.79 Å². The summed E-state index contributed by atoms with van der Waals surface area (Å²) < 4.78 is 11.4. The van der Waals surface area contributed by atoms with Gasteiger partial charge in [-0.05, 0) is 31.4 Å². The largest absolute Gasteiger partial charge is 0.344 e. The van der Waals surface area contributed by atoms with Gasteiger partial charge in [-0.15, -0.1) is 0 Å². The van der Waals surface area contributed by atoms with Gasteiger partial charge in [0.05, 0.1) is 13.2 Å². The average molecular weight is 206 g/mol. The fourth-order valence-electron chi connectivity index (χ4n) is 2.23. The summed E-state index contributed by atoms with van der Waals surface area (Å²) in [5.74, 6) is -0.532. The molecule has 0 spiro atoms. The van der Waals surface area contributed by atoms with Crippen LogP contribution in [-0.4, -0.2) is 13.2 Å². The zero-order valence-electron chi connectivity index (χ0n) is 9.67. The second-order valence-corrected chi connectivity index (χ2v) is 4.09. The lowest BCUT2D eigenvalue weighted by atomic mass is 9.95. The molecule has 2 rings (SSSR count). The predicted molar refractivity (Wildman–Crippen MR) is 59.8 cm³/mol. The van der Waals surface area contributed by atoms with Gasteiger partial charge in [0.2, 0.25) is 0 Å². The molecule has 0 bridgehead atoms. The maximum Gasteiger partial charge on any atom is 0.192 e. The summed E-state index contributed by atoms with van der Waals surface area (Å²) in [4.78, 5) is 0. The monoisotopic (exact) mass is 206 g/mol. The van der Waals surface area contributed by atoms with Crippen LogP contribution in [-0.2, 0) is 21.7 Å². The summed E-state index contributed by atoms with van der Waals surface area (Å²) in [5.41, 5.74) is 3.83. The van der Waals surface area contributed by atoms with Crippen molar-refractivity contribution in [1.29, 1.82) is 0 Å². The quantitative estimate of drug-likeness (QED) is 0.740. The lowest BCUT2D eigenvalue weighted by molar-refractivity contribution is -0.150. The van der Waals surface area contributed by atoms with Crippen LogP contribution in [0.5, 0.6) is 0 Å². The van der Waals surface area contributed by atoms with Gasteiger partial charge in [-0.25, -0.2) is 0 Å². The molecule has 0 atom stereocenters. The van der Waals surface area contributed by atoms with E-state index in [9.17, 15) is 0 Å². The van der Waals surface area contributed by atoms with Crippen molar-refractivity contribution < 1.29 is 9.47 Å². The molecule has 1 heterocycles. The third kappa shape index (κ3) is 1.80. The van der Waals surface area contributed by atoms with Crippen LogP contribution in [0, 0.1) is 6.92 Å². The van der Waals surface area contributed by atoms with Crippen molar-refractivity contribution in [1.82, 2.24) is 0 Å². The Bertz CT molecular complexity index is 352. The van der Waals surface area contributed by atoms with E-state index in [2.05, 4.69) is 32.0 Å². The Morgan fingerprint density at radius 3 is 2.53 bits per heavy atom. The van der Waals surface area contributed by atoms with Crippen molar-refractivity contribution in [2.45, 2.75) is 33.0 Å². The molecule has 15 heavy (non-hydrogen) atoms. The number of hydrogen-bond acceptors (Lipinski definition) is 2. The van der Waals surface area contributed by atoms with Gasteiger partial charge in [-0.3, -0.25) is 0 Å². The first-order valence-corrected chi connectivity index (χ1v) is 5.54. The van der Waals surface area contributed by atoms with Gasteiger partial charge in [-0.1, -0.05) is 25.1 Å². The van der Waals surface area contributed by atoms with Crippen molar-refractivity contribution >= 4 is 0 Å². The average Bonchev–Trinajstić information content (AvgIpc) is 2.66. The van der Waals surface area contributed by atoms with E-state index in [1.807, 2.05) is 6.92 Å². The van der Waals surface area contributed by atoms with Crippen molar-refractivity contribution in [2.75, 3.05) is 13.2 Å². The molecule has 0 unspecified atom stereocenters. The highest BCUT2D eigenvalue weighted by atomic mass is 16.7.